The molecular weight excluding hydrogens is 341 g/mol. The number of rotatable bonds is 4. The third kappa shape index (κ3) is 4.30. The van der Waals surface area contributed by atoms with Crippen LogP contribution < -0.4 is 26.8 Å². The van der Waals surface area contributed by atoms with Crippen LogP contribution in [0.25, 0.3) is 0 Å². The average molecular weight is 365 g/mol. The first-order valence-electron chi connectivity index (χ1n) is 8.51. The van der Waals surface area contributed by atoms with Gasteiger partial charge in [0.05, 0.1) is 5.66 Å². The minimum absolute atomic E-state index is 0.555. The molecule has 0 fully saturated rings. The Morgan fingerprint density at radius 1 is 0.731 bits per heavy atom. The molecular formula is C22H24NO2P. The molecule has 1 amide bonds. The molecule has 4 heteroatoms. The van der Waals surface area contributed by atoms with Crippen molar-refractivity contribution in [3.05, 3.63) is 91.0 Å². The Balaban J connectivity index is 0.000000552. The van der Waals surface area contributed by atoms with Gasteiger partial charge >= 0.3 is 0 Å². The van der Waals surface area contributed by atoms with E-state index in [9.17, 15) is 0 Å². The van der Waals surface area contributed by atoms with Gasteiger partial charge in [-0.3, -0.25) is 0 Å². The molecule has 0 heterocycles. The normalized spacial score (nSPS) is 10.7. The molecule has 0 aliphatic carbocycles. The molecule has 0 aromatic heterocycles. The molecule has 0 saturated carbocycles. The van der Waals surface area contributed by atoms with E-state index in [1.807, 2.05) is 0 Å². The molecule has 0 saturated heterocycles. The molecule has 3 nitrogen and oxygen atoms in total. The summed E-state index contributed by atoms with van der Waals surface area (Å²) in [5.74, 6) is 0. The summed E-state index contributed by atoms with van der Waals surface area (Å²) in [6.07, 6.45) is -1.58. The predicted molar refractivity (Wildman–Crippen MR) is 110 cm³/mol. The standard InChI is InChI=1S/C21H22P.CH3NO2/c1-18(2)22(19-12-6-3-7-13-19,20-14-8-4-9-15-20)21-16-10-5-11-17-21;2-1(3)4/h3-18H,1-2H3;2H2,(H,3,4)/q+1;/p-1. The number of hydrogen-bond acceptors (Lipinski definition) is 2. The average Bonchev–Trinajstić information content (AvgIpc) is 2.64. The number of amides is 1. The van der Waals surface area contributed by atoms with Crippen molar-refractivity contribution in [3.8, 4) is 0 Å². The second-order valence-corrected chi connectivity index (χ2v) is 10.2. The fourth-order valence-electron chi connectivity index (χ4n) is 3.33. The van der Waals surface area contributed by atoms with Crippen LogP contribution in [0.15, 0.2) is 91.0 Å². The lowest BCUT2D eigenvalue weighted by molar-refractivity contribution is -0.245. The van der Waals surface area contributed by atoms with Crippen molar-refractivity contribution >= 4 is 29.3 Å². The third-order valence-corrected chi connectivity index (χ3v) is 9.15. The van der Waals surface area contributed by atoms with Crippen molar-refractivity contribution in [1.29, 1.82) is 0 Å². The number of carbonyl (C=O) groups excluding carboxylic acids is 1. The number of hydrogen-bond donors (Lipinski definition) is 1. The molecule has 0 spiro atoms. The molecule has 0 bridgehead atoms. The molecule has 0 aliphatic heterocycles. The van der Waals surface area contributed by atoms with Crippen LogP contribution in [-0.2, 0) is 0 Å². The van der Waals surface area contributed by atoms with E-state index in [0.717, 1.165) is 0 Å². The smallest absolute Gasteiger partial charge is 0.131 e. The SMILES string of the molecule is CC(C)[P+](c1ccccc1)(c1ccccc1)c1ccccc1.NC(=O)[O-]. The van der Waals surface area contributed by atoms with Gasteiger partial charge in [-0.1, -0.05) is 54.6 Å². The fourth-order valence-corrected chi connectivity index (χ4v) is 7.94. The van der Waals surface area contributed by atoms with Crippen molar-refractivity contribution < 1.29 is 9.90 Å². The van der Waals surface area contributed by atoms with Crippen LogP contribution in [0.3, 0.4) is 0 Å². The third-order valence-electron chi connectivity index (χ3n) is 4.26. The molecule has 0 radical (unpaired) electrons. The van der Waals surface area contributed by atoms with Crippen LogP contribution in [0, 0.1) is 0 Å². The Morgan fingerprint density at radius 2 is 0.962 bits per heavy atom. The number of primary amides is 1. The van der Waals surface area contributed by atoms with Crippen molar-refractivity contribution in [2.75, 3.05) is 0 Å². The van der Waals surface area contributed by atoms with Crippen molar-refractivity contribution in [3.63, 3.8) is 0 Å². The van der Waals surface area contributed by atoms with Crippen molar-refractivity contribution in [2.45, 2.75) is 19.5 Å². The highest BCUT2D eigenvalue weighted by Gasteiger charge is 2.48. The zero-order chi connectivity index (χ0) is 19.0. The second kappa shape index (κ2) is 9.17. The van der Waals surface area contributed by atoms with Gasteiger partial charge in [0, 0.05) is 0 Å². The minimum atomic E-state index is -1.63. The lowest BCUT2D eigenvalue weighted by atomic mass is 10.3. The van der Waals surface area contributed by atoms with Gasteiger partial charge in [-0.2, -0.15) is 0 Å². The minimum Gasteiger partial charge on any atom is -0.530 e. The largest absolute Gasteiger partial charge is 0.530 e. The lowest BCUT2D eigenvalue weighted by Crippen LogP contribution is -2.36. The highest BCUT2D eigenvalue weighted by Crippen LogP contribution is 2.59. The maximum Gasteiger partial charge on any atom is 0.131 e. The Hall–Kier alpha value is -2.64. The van der Waals surface area contributed by atoms with Crippen LogP contribution in [0.4, 0.5) is 4.79 Å². The van der Waals surface area contributed by atoms with Crippen molar-refractivity contribution in [1.82, 2.24) is 0 Å². The molecule has 0 atom stereocenters. The van der Waals surface area contributed by atoms with E-state index >= 15 is 0 Å². The Labute approximate surface area is 155 Å². The quantitative estimate of drug-likeness (QED) is 0.723. The van der Waals surface area contributed by atoms with E-state index in [4.69, 9.17) is 9.90 Å². The summed E-state index contributed by atoms with van der Waals surface area (Å²) in [6.45, 7) is 4.72. The first-order chi connectivity index (χ1) is 12.5. The van der Waals surface area contributed by atoms with Gasteiger partial charge in [-0.25, -0.2) is 0 Å². The summed E-state index contributed by atoms with van der Waals surface area (Å²) in [7, 11) is -1.63. The van der Waals surface area contributed by atoms with E-state index in [1.54, 1.807) is 0 Å². The van der Waals surface area contributed by atoms with E-state index in [0.29, 0.717) is 5.66 Å². The summed E-state index contributed by atoms with van der Waals surface area (Å²) < 4.78 is 0. The molecule has 134 valence electrons. The van der Waals surface area contributed by atoms with Gasteiger partial charge in [0.25, 0.3) is 0 Å². The summed E-state index contributed by atoms with van der Waals surface area (Å²) in [5, 5.41) is 13.0. The zero-order valence-electron chi connectivity index (χ0n) is 15.1. The molecule has 26 heavy (non-hydrogen) atoms. The zero-order valence-corrected chi connectivity index (χ0v) is 16.0. The summed E-state index contributed by atoms with van der Waals surface area (Å²) in [6, 6.07) is 33.1. The van der Waals surface area contributed by atoms with Gasteiger partial charge in [0.15, 0.2) is 0 Å². The van der Waals surface area contributed by atoms with Gasteiger partial charge in [-0.15, -0.1) is 0 Å². The van der Waals surface area contributed by atoms with Gasteiger partial charge in [0.2, 0.25) is 0 Å². The lowest BCUT2D eigenvalue weighted by Gasteiger charge is -2.31. The van der Waals surface area contributed by atoms with E-state index < -0.39 is 13.4 Å². The van der Waals surface area contributed by atoms with Gasteiger partial charge in [0.1, 0.15) is 29.3 Å². The fraction of sp³-hybridized carbons (Fsp3) is 0.136. The highest BCUT2D eigenvalue weighted by atomic mass is 31.2. The molecule has 3 rings (SSSR count). The summed E-state index contributed by atoms with van der Waals surface area (Å²) >= 11 is 0. The molecule has 3 aromatic rings. The molecule has 3 aromatic carbocycles. The predicted octanol–water partition coefficient (Wildman–Crippen LogP) is 2.68. The monoisotopic (exact) mass is 365 g/mol. The molecule has 0 unspecified atom stereocenters. The van der Waals surface area contributed by atoms with Gasteiger partial charge in [-0.05, 0) is 50.2 Å². The van der Waals surface area contributed by atoms with Crippen LogP contribution in [0.2, 0.25) is 0 Å². The topological polar surface area (TPSA) is 66.2 Å². The maximum absolute atomic E-state index is 8.67. The first-order valence-corrected chi connectivity index (χ1v) is 10.4. The van der Waals surface area contributed by atoms with Crippen LogP contribution in [-0.4, -0.2) is 11.8 Å². The number of benzene rings is 3. The van der Waals surface area contributed by atoms with E-state index in [2.05, 4.69) is 111 Å². The van der Waals surface area contributed by atoms with E-state index in [1.165, 1.54) is 15.9 Å². The van der Waals surface area contributed by atoms with Crippen LogP contribution >= 0.6 is 7.26 Å². The Kier molecular flexibility index (Phi) is 6.94. The number of carbonyl (C=O) groups is 1. The summed E-state index contributed by atoms with van der Waals surface area (Å²) in [4.78, 5) is 8.67. The van der Waals surface area contributed by atoms with Crippen LogP contribution in [0.5, 0.6) is 0 Å². The Morgan fingerprint density at radius 3 is 1.15 bits per heavy atom. The number of nitrogens with two attached hydrogens (primary N) is 1. The molecule has 0 aliphatic rings. The van der Waals surface area contributed by atoms with Crippen molar-refractivity contribution in [2.24, 2.45) is 5.73 Å². The van der Waals surface area contributed by atoms with E-state index in [-0.39, 0.29) is 0 Å². The van der Waals surface area contributed by atoms with Crippen LogP contribution in [0.1, 0.15) is 13.8 Å². The van der Waals surface area contributed by atoms with Gasteiger partial charge < -0.3 is 15.6 Å². The second-order valence-electron chi connectivity index (χ2n) is 6.14. The first kappa shape index (κ1) is 19.7. The highest BCUT2D eigenvalue weighted by molar-refractivity contribution is 7.96. The Bertz CT molecular complexity index is 705. The maximum atomic E-state index is 8.67. The number of carboxylic acid groups (broad SMARTS) is 1. The summed E-state index contributed by atoms with van der Waals surface area (Å²) in [5.41, 5.74) is 4.47. The molecule has 2 N–H and O–H groups in total.